The molecule has 3 aromatic rings. The molecular weight excluding hydrogens is 334 g/mol. The summed E-state index contributed by atoms with van der Waals surface area (Å²) in [6.45, 7) is 0.840. The van der Waals surface area contributed by atoms with E-state index in [1.807, 2.05) is 46.6 Å². The summed E-state index contributed by atoms with van der Waals surface area (Å²) < 4.78 is 1.88. The van der Waals surface area contributed by atoms with Gasteiger partial charge in [-0.3, -0.25) is 9.48 Å². The molecule has 0 aliphatic rings. The van der Waals surface area contributed by atoms with Gasteiger partial charge in [0.25, 0.3) is 0 Å². The van der Waals surface area contributed by atoms with Gasteiger partial charge in [0.15, 0.2) is 0 Å². The number of aliphatic hydroxyl groups is 1. The summed E-state index contributed by atoms with van der Waals surface area (Å²) in [5.74, 6) is -0.234. The Hall–Kier alpha value is -2.70. The van der Waals surface area contributed by atoms with Gasteiger partial charge in [0.05, 0.1) is 18.0 Å². The lowest BCUT2D eigenvalue weighted by molar-refractivity contribution is -0.116. The van der Waals surface area contributed by atoms with Crippen LogP contribution >= 0.6 is 11.3 Å². The van der Waals surface area contributed by atoms with Crippen molar-refractivity contribution in [3.05, 3.63) is 71.2 Å². The Kier molecular flexibility index (Phi) is 5.77. The van der Waals surface area contributed by atoms with E-state index in [0.29, 0.717) is 6.54 Å². The fourth-order valence-corrected chi connectivity index (χ4v) is 3.15. The van der Waals surface area contributed by atoms with Gasteiger partial charge in [-0.1, -0.05) is 36.4 Å². The van der Waals surface area contributed by atoms with E-state index in [9.17, 15) is 4.79 Å². The number of aromatic nitrogens is 2. The number of carbonyl (C=O) groups is 1. The van der Waals surface area contributed by atoms with Crippen molar-refractivity contribution in [3.63, 3.8) is 0 Å². The maximum Gasteiger partial charge on any atom is 0.244 e. The van der Waals surface area contributed by atoms with E-state index in [0.717, 1.165) is 16.1 Å². The molecule has 2 N–H and O–H groups in total. The average Bonchev–Trinajstić information content (AvgIpc) is 3.28. The Bertz CT molecular complexity index is 839. The van der Waals surface area contributed by atoms with Gasteiger partial charge < -0.3 is 10.4 Å². The van der Waals surface area contributed by atoms with Gasteiger partial charge in [-0.25, -0.2) is 0 Å². The Labute approximate surface area is 150 Å². The maximum atomic E-state index is 11.7. The van der Waals surface area contributed by atoms with Crippen molar-refractivity contribution in [2.45, 2.75) is 6.54 Å². The molecule has 2 heterocycles. The average molecular weight is 353 g/mol. The lowest BCUT2D eigenvalue weighted by Crippen LogP contribution is -2.24. The molecule has 0 radical (unpaired) electrons. The highest BCUT2D eigenvalue weighted by Crippen LogP contribution is 2.27. The molecule has 0 aliphatic heterocycles. The number of benzene rings is 1. The van der Waals surface area contributed by atoms with E-state index in [1.54, 1.807) is 17.4 Å². The molecule has 0 bridgehead atoms. The van der Waals surface area contributed by atoms with E-state index in [1.165, 1.54) is 11.6 Å². The third-order valence-electron chi connectivity index (χ3n) is 3.56. The Morgan fingerprint density at radius 3 is 2.80 bits per heavy atom. The predicted molar refractivity (Wildman–Crippen MR) is 100 cm³/mol. The standard InChI is InChI=1S/C19H19N3O2S/c23-11-10-20-18(24)9-8-16-14-22(13-15-5-2-1-3-6-15)21-19(16)17-7-4-12-25-17/h1-9,12,14,23H,10-11,13H2,(H,20,24)/b9-8+. The second kappa shape index (κ2) is 8.41. The smallest absolute Gasteiger partial charge is 0.244 e. The zero-order valence-electron chi connectivity index (χ0n) is 13.6. The normalized spacial score (nSPS) is 11.1. The molecule has 2 aromatic heterocycles. The molecule has 0 aliphatic carbocycles. The Morgan fingerprint density at radius 2 is 2.08 bits per heavy atom. The molecule has 0 unspecified atom stereocenters. The monoisotopic (exact) mass is 353 g/mol. The van der Waals surface area contributed by atoms with Gasteiger partial charge in [0, 0.05) is 24.4 Å². The lowest BCUT2D eigenvalue weighted by Gasteiger charge is -2.00. The maximum absolute atomic E-state index is 11.7. The van der Waals surface area contributed by atoms with Crippen LogP contribution in [0.5, 0.6) is 0 Å². The number of amides is 1. The number of hydrogen-bond acceptors (Lipinski definition) is 4. The van der Waals surface area contributed by atoms with Gasteiger partial charge in [0.2, 0.25) is 5.91 Å². The molecule has 25 heavy (non-hydrogen) atoms. The second-order valence-corrected chi connectivity index (χ2v) is 6.39. The minimum atomic E-state index is -0.234. The van der Waals surface area contributed by atoms with Crippen molar-refractivity contribution in [2.75, 3.05) is 13.2 Å². The number of carbonyl (C=O) groups excluding carboxylic acids is 1. The number of thiophene rings is 1. The van der Waals surface area contributed by atoms with Crippen LogP contribution in [0.3, 0.4) is 0 Å². The van der Waals surface area contributed by atoms with Gasteiger partial charge in [-0.05, 0) is 23.1 Å². The molecule has 0 fully saturated rings. The van der Waals surface area contributed by atoms with Crippen LogP contribution in [0.15, 0.2) is 60.1 Å². The third-order valence-corrected chi connectivity index (χ3v) is 4.43. The highest BCUT2D eigenvalue weighted by molar-refractivity contribution is 7.13. The minimum absolute atomic E-state index is 0.0744. The molecule has 6 heteroatoms. The largest absolute Gasteiger partial charge is 0.395 e. The molecule has 3 rings (SSSR count). The number of nitrogens with one attached hydrogen (secondary N) is 1. The van der Waals surface area contributed by atoms with Gasteiger partial charge in [-0.15, -0.1) is 11.3 Å². The molecule has 1 aromatic carbocycles. The zero-order chi connectivity index (χ0) is 17.5. The summed E-state index contributed by atoms with van der Waals surface area (Å²) >= 11 is 1.61. The number of rotatable bonds is 7. The van der Waals surface area contributed by atoms with Crippen molar-refractivity contribution < 1.29 is 9.90 Å². The molecule has 0 saturated carbocycles. The summed E-state index contributed by atoms with van der Waals surface area (Å²) in [7, 11) is 0. The summed E-state index contributed by atoms with van der Waals surface area (Å²) in [5, 5.41) is 18.1. The minimum Gasteiger partial charge on any atom is -0.395 e. The van der Waals surface area contributed by atoms with Crippen LogP contribution in [-0.2, 0) is 11.3 Å². The van der Waals surface area contributed by atoms with Gasteiger partial charge >= 0.3 is 0 Å². The SMILES string of the molecule is O=C(/C=C/c1cn(Cc2ccccc2)nc1-c1cccs1)NCCO. The number of nitrogens with zero attached hydrogens (tertiary/aromatic N) is 2. The van der Waals surface area contributed by atoms with E-state index in [4.69, 9.17) is 10.2 Å². The Balaban J connectivity index is 1.85. The van der Waals surface area contributed by atoms with Gasteiger partial charge in [-0.2, -0.15) is 5.10 Å². The molecule has 128 valence electrons. The van der Waals surface area contributed by atoms with Crippen LogP contribution in [0, 0.1) is 0 Å². The first-order valence-corrected chi connectivity index (χ1v) is 8.86. The second-order valence-electron chi connectivity index (χ2n) is 5.44. The van der Waals surface area contributed by atoms with Crippen LogP contribution in [-0.4, -0.2) is 33.9 Å². The first-order chi connectivity index (χ1) is 12.3. The molecule has 0 atom stereocenters. The number of hydrogen-bond donors (Lipinski definition) is 2. The quantitative estimate of drug-likeness (QED) is 0.642. The van der Waals surface area contributed by atoms with Crippen molar-refractivity contribution in [1.29, 1.82) is 0 Å². The highest BCUT2D eigenvalue weighted by atomic mass is 32.1. The van der Waals surface area contributed by atoms with Crippen LogP contribution in [0.4, 0.5) is 0 Å². The third kappa shape index (κ3) is 4.65. The van der Waals surface area contributed by atoms with E-state index < -0.39 is 0 Å². The first kappa shape index (κ1) is 17.1. The molecule has 1 amide bonds. The van der Waals surface area contributed by atoms with Crippen molar-refractivity contribution >= 4 is 23.3 Å². The van der Waals surface area contributed by atoms with Crippen LogP contribution in [0.1, 0.15) is 11.1 Å². The lowest BCUT2D eigenvalue weighted by atomic mass is 10.2. The van der Waals surface area contributed by atoms with Crippen LogP contribution in [0.25, 0.3) is 16.6 Å². The van der Waals surface area contributed by atoms with Crippen molar-refractivity contribution in [2.24, 2.45) is 0 Å². The summed E-state index contributed by atoms with van der Waals surface area (Å²) in [4.78, 5) is 12.8. The number of aliphatic hydroxyl groups excluding tert-OH is 1. The topological polar surface area (TPSA) is 67.2 Å². The highest BCUT2D eigenvalue weighted by Gasteiger charge is 2.11. The molecule has 0 saturated heterocycles. The van der Waals surface area contributed by atoms with E-state index >= 15 is 0 Å². The first-order valence-electron chi connectivity index (χ1n) is 7.98. The molecule has 0 spiro atoms. The van der Waals surface area contributed by atoms with E-state index in [-0.39, 0.29) is 19.1 Å². The van der Waals surface area contributed by atoms with Crippen LogP contribution < -0.4 is 5.32 Å². The fraction of sp³-hybridized carbons (Fsp3) is 0.158. The summed E-state index contributed by atoms with van der Waals surface area (Å²) in [6, 6.07) is 14.1. The van der Waals surface area contributed by atoms with E-state index in [2.05, 4.69) is 17.4 Å². The van der Waals surface area contributed by atoms with Crippen molar-refractivity contribution in [3.8, 4) is 10.6 Å². The molecule has 5 nitrogen and oxygen atoms in total. The van der Waals surface area contributed by atoms with Crippen LogP contribution in [0.2, 0.25) is 0 Å². The van der Waals surface area contributed by atoms with Gasteiger partial charge in [0.1, 0.15) is 5.69 Å². The van der Waals surface area contributed by atoms with Crippen molar-refractivity contribution in [1.82, 2.24) is 15.1 Å². The summed E-state index contributed by atoms with van der Waals surface area (Å²) in [6.07, 6.45) is 5.17. The molecular formula is C19H19N3O2S. The fourth-order valence-electron chi connectivity index (χ4n) is 2.42. The predicted octanol–water partition coefficient (Wildman–Crippen LogP) is 2.78. The Morgan fingerprint density at radius 1 is 1.24 bits per heavy atom. The summed E-state index contributed by atoms with van der Waals surface area (Å²) in [5.41, 5.74) is 2.91. The zero-order valence-corrected chi connectivity index (χ0v) is 14.4.